The van der Waals surface area contributed by atoms with Crippen LogP contribution in [0.1, 0.15) is 11.3 Å². The van der Waals surface area contributed by atoms with Crippen LogP contribution < -0.4 is 0 Å². The fourth-order valence-electron chi connectivity index (χ4n) is 1.93. The maximum Gasteiger partial charge on any atom is 0.114 e. The lowest BCUT2D eigenvalue weighted by atomic mass is 10.1. The molecule has 1 heterocycles. The van der Waals surface area contributed by atoms with E-state index in [9.17, 15) is 0 Å². The summed E-state index contributed by atoms with van der Waals surface area (Å²) in [6.45, 7) is 0. The summed E-state index contributed by atoms with van der Waals surface area (Å²) in [6, 6.07) is 26.0. The third-order valence-corrected chi connectivity index (χ3v) is 2.93. The number of hydrogen-bond acceptors (Lipinski definition) is 1. The zero-order chi connectivity index (χ0) is 13.6. The van der Waals surface area contributed by atoms with Gasteiger partial charge in [-0.25, -0.2) is 4.98 Å². The largest absolute Gasteiger partial charge is 0.239 e. The van der Waals surface area contributed by atoms with Gasteiger partial charge >= 0.3 is 0 Å². The standard InChI is InChI=1S/C19H13N/c1-3-8-16(9-4-1)14-15-18-12-7-13-19(20-18)17-10-5-2-6-11-17/h1-13H. The molecular weight excluding hydrogens is 242 g/mol. The quantitative estimate of drug-likeness (QED) is 0.595. The lowest BCUT2D eigenvalue weighted by Gasteiger charge is -2.00. The van der Waals surface area contributed by atoms with Crippen molar-refractivity contribution in [3.05, 3.63) is 90.1 Å². The topological polar surface area (TPSA) is 12.9 Å². The Labute approximate surface area is 118 Å². The summed E-state index contributed by atoms with van der Waals surface area (Å²) in [5.74, 6) is 6.24. The molecule has 20 heavy (non-hydrogen) atoms. The highest BCUT2D eigenvalue weighted by Crippen LogP contribution is 2.16. The van der Waals surface area contributed by atoms with Crippen LogP contribution >= 0.6 is 0 Å². The van der Waals surface area contributed by atoms with Crippen LogP contribution in [0.3, 0.4) is 0 Å². The fraction of sp³-hybridized carbons (Fsp3) is 0. The first kappa shape index (κ1) is 12.2. The molecule has 1 aromatic heterocycles. The van der Waals surface area contributed by atoms with Gasteiger partial charge in [0.2, 0.25) is 0 Å². The van der Waals surface area contributed by atoms with Gasteiger partial charge < -0.3 is 0 Å². The van der Waals surface area contributed by atoms with Crippen LogP contribution in [0.25, 0.3) is 11.3 Å². The van der Waals surface area contributed by atoms with Crippen LogP contribution in [-0.4, -0.2) is 4.98 Å². The van der Waals surface area contributed by atoms with Gasteiger partial charge in [-0.15, -0.1) is 0 Å². The number of rotatable bonds is 1. The molecule has 0 aliphatic rings. The number of pyridine rings is 1. The normalized spacial score (nSPS) is 9.60. The van der Waals surface area contributed by atoms with Gasteiger partial charge in [0, 0.05) is 11.1 Å². The Morgan fingerprint density at radius 3 is 2.05 bits per heavy atom. The summed E-state index contributed by atoms with van der Waals surface area (Å²) in [5.41, 5.74) is 3.84. The van der Waals surface area contributed by atoms with E-state index in [1.54, 1.807) is 0 Å². The van der Waals surface area contributed by atoms with Crippen molar-refractivity contribution in [2.24, 2.45) is 0 Å². The van der Waals surface area contributed by atoms with Crippen LogP contribution in [-0.2, 0) is 0 Å². The highest BCUT2D eigenvalue weighted by atomic mass is 14.7. The molecule has 0 spiro atoms. The van der Waals surface area contributed by atoms with E-state index in [0.29, 0.717) is 0 Å². The molecule has 0 aliphatic carbocycles. The summed E-state index contributed by atoms with van der Waals surface area (Å²) in [7, 11) is 0. The van der Waals surface area contributed by atoms with Gasteiger partial charge in [-0.3, -0.25) is 0 Å². The fourth-order valence-corrected chi connectivity index (χ4v) is 1.93. The van der Waals surface area contributed by atoms with Gasteiger partial charge in [0.15, 0.2) is 0 Å². The van der Waals surface area contributed by atoms with E-state index < -0.39 is 0 Å². The number of nitrogens with zero attached hydrogens (tertiary/aromatic N) is 1. The van der Waals surface area contributed by atoms with Crippen molar-refractivity contribution in [1.29, 1.82) is 0 Å². The monoisotopic (exact) mass is 255 g/mol. The predicted octanol–water partition coefficient (Wildman–Crippen LogP) is 4.15. The van der Waals surface area contributed by atoms with E-state index in [1.165, 1.54) is 0 Å². The molecule has 1 heteroatoms. The minimum Gasteiger partial charge on any atom is -0.239 e. The smallest absolute Gasteiger partial charge is 0.114 e. The van der Waals surface area contributed by atoms with E-state index in [2.05, 4.69) is 29.0 Å². The first-order valence-corrected chi connectivity index (χ1v) is 6.51. The number of aromatic nitrogens is 1. The van der Waals surface area contributed by atoms with E-state index in [0.717, 1.165) is 22.5 Å². The molecule has 0 unspecified atom stereocenters. The molecule has 0 saturated carbocycles. The van der Waals surface area contributed by atoms with Crippen molar-refractivity contribution in [2.45, 2.75) is 0 Å². The van der Waals surface area contributed by atoms with E-state index in [4.69, 9.17) is 0 Å². The molecule has 0 radical (unpaired) electrons. The zero-order valence-corrected chi connectivity index (χ0v) is 11.0. The van der Waals surface area contributed by atoms with Gasteiger partial charge in [-0.2, -0.15) is 0 Å². The number of hydrogen-bond donors (Lipinski definition) is 0. The van der Waals surface area contributed by atoms with Crippen LogP contribution in [0.2, 0.25) is 0 Å². The SMILES string of the molecule is C(#Cc1cccc(-c2ccccc2)n1)c1ccccc1. The van der Waals surface area contributed by atoms with Gasteiger partial charge in [0.1, 0.15) is 5.69 Å². The molecule has 0 fully saturated rings. The van der Waals surface area contributed by atoms with Gasteiger partial charge in [0.05, 0.1) is 5.69 Å². The molecule has 1 nitrogen and oxygen atoms in total. The van der Waals surface area contributed by atoms with Crippen molar-refractivity contribution >= 4 is 0 Å². The van der Waals surface area contributed by atoms with Crippen LogP contribution in [0, 0.1) is 11.8 Å². The van der Waals surface area contributed by atoms with Gasteiger partial charge in [-0.1, -0.05) is 60.5 Å². The average Bonchev–Trinajstić information content (AvgIpc) is 2.55. The number of benzene rings is 2. The highest BCUT2D eigenvalue weighted by Gasteiger charge is 1.98. The Balaban J connectivity index is 1.91. The molecule has 0 aliphatic heterocycles. The summed E-state index contributed by atoms with van der Waals surface area (Å²) < 4.78 is 0. The Kier molecular flexibility index (Phi) is 3.57. The van der Waals surface area contributed by atoms with Gasteiger partial charge in [0.25, 0.3) is 0 Å². The second-order valence-electron chi connectivity index (χ2n) is 4.39. The van der Waals surface area contributed by atoms with Crippen molar-refractivity contribution in [3.63, 3.8) is 0 Å². The average molecular weight is 255 g/mol. The molecule has 0 N–H and O–H groups in total. The van der Waals surface area contributed by atoms with Gasteiger partial charge in [-0.05, 0) is 30.2 Å². The van der Waals surface area contributed by atoms with E-state index in [-0.39, 0.29) is 0 Å². The minimum absolute atomic E-state index is 0.787. The molecule has 94 valence electrons. The Morgan fingerprint density at radius 2 is 1.30 bits per heavy atom. The molecule has 2 aromatic carbocycles. The van der Waals surface area contributed by atoms with Crippen LogP contribution in [0.15, 0.2) is 78.9 Å². The highest BCUT2D eigenvalue weighted by molar-refractivity contribution is 5.59. The maximum atomic E-state index is 4.58. The predicted molar refractivity (Wildman–Crippen MR) is 82.1 cm³/mol. The summed E-state index contributed by atoms with van der Waals surface area (Å²) in [4.78, 5) is 4.58. The molecule has 3 rings (SSSR count). The molecule has 0 atom stereocenters. The third kappa shape index (κ3) is 2.93. The molecule has 3 aromatic rings. The first-order chi connectivity index (χ1) is 9.92. The summed E-state index contributed by atoms with van der Waals surface area (Å²) >= 11 is 0. The maximum absolute atomic E-state index is 4.58. The van der Waals surface area contributed by atoms with Crippen molar-refractivity contribution in [3.8, 4) is 23.1 Å². The summed E-state index contributed by atoms with van der Waals surface area (Å²) in [6.07, 6.45) is 0. The molecule has 0 saturated heterocycles. The van der Waals surface area contributed by atoms with Crippen molar-refractivity contribution in [1.82, 2.24) is 4.98 Å². The molecular formula is C19H13N. The second-order valence-corrected chi connectivity index (χ2v) is 4.39. The van der Waals surface area contributed by atoms with Crippen molar-refractivity contribution < 1.29 is 0 Å². The Bertz CT molecular complexity index is 750. The summed E-state index contributed by atoms with van der Waals surface area (Å²) in [5, 5.41) is 0. The van der Waals surface area contributed by atoms with Crippen molar-refractivity contribution in [2.75, 3.05) is 0 Å². The Morgan fingerprint density at radius 1 is 0.600 bits per heavy atom. The van der Waals surface area contributed by atoms with E-state index in [1.807, 2.05) is 66.7 Å². The van der Waals surface area contributed by atoms with E-state index >= 15 is 0 Å². The molecule has 0 bridgehead atoms. The second kappa shape index (κ2) is 5.86. The molecule has 0 amide bonds. The Hall–Kier alpha value is -2.85. The minimum atomic E-state index is 0.787. The zero-order valence-electron chi connectivity index (χ0n) is 11.0. The third-order valence-electron chi connectivity index (χ3n) is 2.93. The van der Waals surface area contributed by atoms with Crippen LogP contribution in [0.5, 0.6) is 0 Å². The van der Waals surface area contributed by atoms with Crippen LogP contribution in [0.4, 0.5) is 0 Å². The first-order valence-electron chi connectivity index (χ1n) is 6.51. The lowest BCUT2D eigenvalue weighted by molar-refractivity contribution is 1.29. The lowest BCUT2D eigenvalue weighted by Crippen LogP contribution is -1.87.